The monoisotopic (exact) mass is 379 g/mol. The summed E-state index contributed by atoms with van der Waals surface area (Å²) in [5, 5.41) is 8.00. The van der Waals surface area contributed by atoms with Crippen LogP contribution in [0.25, 0.3) is 0 Å². The molecule has 0 aliphatic carbocycles. The molecule has 1 aliphatic heterocycles. The van der Waals surface area contributed by atoms with Crippen molar-refractivity contribution in [2.75, 3.05) is 21.9 Å². The van der Waals surface area contributed by atoms with Crippen LogP contribution in [0.2, 0.25) is 0 Å². The van der Waals surface area contributed by atoms with Crippen LogP contribution in [0.15, 0.2) is 41.8 Å². The van der Waals surface area contributed by atoms with Crippen molar-refractivity contribution in [1.29, 1.82) is 0 Å². The van der Waals surface area contributed by atoms with Crippen molar-refractivity contribution in [3.63, 3.8) is 0 Å². The van der Waals surface area contributed by atoms with E-state index in [0.29, 0.717) is 25.2 Å². The third kappa shape index (κ3) is 4.32. The highest BCUT2D eigenvalue weighted by Crippen LogP contribution is 2.25. The number of hydrogen-bond donors (Lipinski definition) is 2. The van der Waals surface area contributed by atoms with Gasteiger partial charge in [0.25, 0.3) is 0 Å². The zero-order chi connectivity index (χ0) is 17.9. The van der Waals surface area contributed by atoms with E-state index < -0.39 is 10.0 Å². The molecule has 8 heteroatoms. The molecule has 1 atom stereocenters. The minimum atomic E-state index is -3.17. The molecule has 6 nitrogen and oxygen atoms in total. The molecule has 2 N–H and O–H groups in total. The lowest BCUT2D eigenvalue weighted by Crippen LogP contribution is -2.37. The SMILES string of the molecule is C[C@H](Nc1ccc(N2CCCS2(=O)=O)cc1)C(=O)NCc1cccs1. The first-order chi connectivity index (χ1) is 12.0. The highest BCUT2D eigenvalue weighted by Gasteiger charge is 2.28. The van der Waals surface area contributed by atoms with Crippen molar-refractivity contribution in [3.05, 3.63) is 46.7 Å². The summed E-state index contributed by atoms with van der Waals surface area (Å²) < 4.78 is 25.3. The molecular formula is C17H21N3O3S2. The number of benzene rings is 1. The maximum absolute atomic E-state index is 12.1. The third-order valence-electron chi connectivity index (χ3n) is 4.05. The fraction of sp³-hybridized carbons (Fsp3) is 0.353. The van der Waals surface area contributed by atoms with E-state index in [2.05, 4.69) is 10.6 Å². The van der Waals surface area contributed by atoms with Crippen LogP contribution in [0, 0.1) is 0 Å². The van der Waals surface area contributed by atoms with E-state index in [4.69, 9.17) is 0 Å². The zero-order valence-corrected chi connectivity index (χ0v) is 15.6. The molecule has 1 fully saturated rings. The van der Waals surface area contributed by atoms with Gasteiger partial charge in [0.05, 0.1) is 18.0 Å². The molecule has 0 saturated carbocycles. The Bertz CT molecular complexity index is 817. The Morgan fingerprint density at radius 1 is 1.28 bits per heavy atom. The summed E-state index contributed by atoms with van der Waals surface area (Å²) in [6.45, 7) is 2.84. The van der Waals surface area contributed by atoms with Crippen LogP contribution >= 0.6 is 11.3 Å². The Hall–Kier alpha value is -2.06. The van der Waals surface area contributed by atoms with Crippen molar-refractivity contribution >= 4 is 38.6 Å². The molecule has 0 spiro atoms. The lowest BCUT2D eigenvalue weighted by Gasteiger charge is -2.18. The molecule has 134 valence electrons. The van der Waals surface area contributed by atoms with Crippen molar-refractivity contribution in [2.45, 2.75) is 25.9 Å². The number of sulfonamides is 1. The van der Waals surface area contributed by atoms with Crippen LogP contribution in [-0.2, 0) is 21.4 Å². The quantitative estimate of drug-likeness (QED) is 0.808. The van der Waals surface area contributed by atoms with Gasteiger partial charge >= 0.3 is 0 Å². The van der Waals surface area contributed by atoms with E-state index in [1.165, 1.54) is 4.31 Å². The van der Waals surface area contributed by atoms with Gasteiger partial charge in [0.1, 0.15) is 6.04 Å². The van der Waals surface area contributed by atoms with Gasteiger partial charge in [-0.05, 0) is 49.1 Å². The van der Waals surface area contributed by atoms with Crippen molar-refractivity contribution in [1.82, 2.24) is 5.32 Å². The van der Waals surface area contributed by atoms with Crippen LogP contribution in [0.4, 0.5) is 11.4 Å². The Balaban J connectivity index is 1.56. The summed E-state index contributed by atoms with van der Waals surface area (Å²) >= 11 is 1.61. The second-order valence-electron chi connectivity index (χ2n) is 5.95. The predicted octanol–water partition coefficient (Wildman–Crippen LogP) is 2.40. The second-order valence-corrected chi connectivity index (χ2v) is 9.00. The van der Waals surface area contributed by atoms with Gasteiger partial charge in [-0.15, -0.1) is 11.3 Å². The first kappa shape index (κ1) is 17.8. The smallest absolute Gasteiger partial charge is 0.242 e. The summed E-state index contributed by atoms with van der Waals surface area (Å²) in [5.74, 6) is 0.119. The number of nitrogens with zero attached hydrogens (tertiary/aromatic N) is 1. The highest BCUT2D eigenvalue weighted by atomic mass is 32.2. The average Bonchev–Trinajstić information content (AvgIpc) is 3.22. The maximum atomic E-state index is 12.1. The normalized spacial score (nSPS) is 17.2. The number of carbonyl (C=O) groups is 1. The lowest BCUT2D eigenvalue weighted by atomic mass is 10.2. The molecule has 1 saturated heterocycles. The van der Waals surface area contributed by atoms with Gasteiger partial charge in [-0.2, -0.15) is 0 Å². The second kappa shape index (κ2) is 7.45. The largest absolute Gasteiger partial charge is 0.374 e. The third-order valence-corrected chi connectivity index (χ3v) is 6.79. The lowest BCUT2D eigenvalue weighted by molar-refractivity contribution is -0.121. The maximum Gasteiger partial charge on any atom is 0.242 e. The van der Waals surface area contributed by atoms with Crippen LogP contribution < -0.4 is 14.9 Å². The molecule has 0 bridgehead atoms. The molecule has 2 aromatic rings. The first-order valence-corrected chi connectivity index (χ1v) is 10.6. The van der Waals surface area contributed by atoms with Gasteiger partial charge in [-0.3, -0.25) is 9.10 Å². The van der Waals surface area contributed by atoms with E-state index in [1.807, 2.05) is 17.5 Å². The number of nitrogens with one attached hydrogen (secondary N) is 2. The van der Waals surface area contributed by atoms with Gasteiger partial charge in [-0.25, -0.2) is 8.42 Å². The summed E-state index contributed by atoms with van der Waals surface area (Å²) in [6.07, 6.45) is 0.657. The van der Waals surface area contributed by atoms with E-state index in [9.17, 15) is 13.2 Å². The van der Waals surface area contributed by atoms with Gasteiger partial charge in [0.2, 0.25) is 15.9 Å². The molecule has 1 amide bonds. The molecule has 1 aliphatic rings. The predicted molar refractivity (Wildman–Crippen MR) is 101 cm³/mol. The number of rotatable bonds is 6. The standard InChI is InChI=1S/C17H21N3O3S2/c1-13(17(21)18-12-16-4-2-10-24-16)19-14-5-7-15(8-6-14)20-9-3-11-25(20,22)23/h2,4-8,10,13,19H,3,9,11-12H2,1H3,(H,18,21)/t13-/m0/s1. The van der Waals surface area contributed by atoms with E-state index in [0.717, 1.165) is 10.6 Å². The average molecular weight is 380 g/mol. The van der Waals surface area contributed by atoms with Gasteiger partial charge in [0, 0.05) is 17.1 Å². The molecule has 1 aromatic heterocycles. The molecule has 0 unspecified atom stereocenters. The summed E-state index contributed by atoms with van der Waals surface area (Å²) in [7, 11) is -3.17. The van der Waals surface area contributed by atoms with Crippen molar-refractivity contribution in [3.8, 4) is 0 Å². The fourth-order valence-corrected chi connectivity index (χ4v) is 4.92. The number of anilines is 2. The Morgan fingerprint density at radius 3 is 2.64 bits per heavy atom. The summed E-state index contributed by atoms with van der Waals surface area (Å²) in [5.41, 5.74) is 1.44. The van der Waals surface area contributed by atoms with Gasteiger partial charge in [-0.1, -0.05) is 6.07 Å². The Kier molecular flexibility index (Phi) is 5.29. The minimum Gasteiger partial charge on any atom is -0.374 e. The zero-order valence-electron chi connectivity index (χ0n) is 13.9. The van der Waals surface area contributed by atoms with Crippen molar-refractivity contribution in [2.24, 2.45) is 0 Å². The van der Waals surface area contributed by atoms with E-state index >= 15 is 0 Å². The molecule has 2 heterocycles. The van der Waals surface area contributed by atoms with Crippen LogP contribution in [-0.4, -0.2) is 32.7 Å². The molecular weight excluding hydrogens is 358 g/mol. The van der Waals surface area contributed by atoms with Crippen molar-refractivity contribution < 1.29 is 13.2 Å². The molecule has 3 rings (SSSR count). The Morgan fingerprint density at radius 2 is 2.04 bits per heavy atom. The van der Waals surface area contributed by atoms with Crippen LogP contribution in [0.5, 0.6) is 0 Å². The molecule has 0 radical (unpaired) electrons. The summed E-state index contributed by atoms with van der Waals surface area (Å²) in [6, 6.07) is 10.7. The highest BCUT2D eigenvalue weighted by molar-refractivity contribution is 7.93. The van der Waals surface area contributed by atoms with Gasteiger partial charge in [0.15, 0.2) is 0 Å². The number of hydrogen-bond acceptors (Lipinski definition) is 5. The van der Waals surface area contributed by atoms with Crippen LogP contribution in [0.3, 0.4) is 0 Å². The number of amides is 1. The Labute approximate surface area is 151 Å². The van der Waals surface area contributed by atoms with E-state index in [1.54, 1.807) is 42.5 Å². The molecule has 1 aromatic carbocycles. The van der Waals surface area contributed by atoms with Gasteiger partial charge < -0.3 is 10.6 Å². The van der Waals surface area contributed by atoms with Crippen LogP contribution in [0.1, 0.15) is 18.2 Å². The number of thiophene rings is 1. The fourth-order valence-electron chi connectivity index (χ4n) is 2.71. The minimum absolute atomic E-state index is 0.0837. The number of carbonyl (C=O) groups excluding carboxylic acids is 1. The first-order valence-electron chi connectivity index (χ1n) is 8.13. The topological polar surface area (TPSA) is 78.5 Å². The summed E-state index contributed by atoms with van der Waals surface area (Å²) in [4.78, 5) is 13.3. The van der Waals surface area contributed by atoms with E-state index in [-0.39, 0.29) is 17.7 Å². The molecule has 25 heavy (non-hydrogen) atoms.